The highest BCUT2D eigenvalue weighted by atomic mass is 16.7. The summed E-state index contributed by atoms with van der Waals surface area (Å²) in [5.41, 5.74) is 4.48. The molecule has 4 N–H and O–H groups in total. The molecule has 5 rings (SSSR count). The van der Waals surface area contributed by atoms with E-state index >= 15 is 0 Å². The van der Waals surface area contributed by atoms with Gasteiger partial charge in [0, 0.05) is 18.0 Å². The van der Waals surface area contributed by atoms with Crippen molar-refractivity contribution >= 4 is 0 Å². The van der Waals surface area contributed by atoms with Crippen molar-refractivity contribution in [2.75, 3.05) is 6.61 Å². The van der Waals surface area contributed by atoms with Crippen molar-refractivity contribution in [2.45, 2.75) is 43.2 Å². The van der Waals surface area contributed by atoms with Gasteiger partial charge in [0.1, 0.15) is 24.4 Å². The summed E-state index contributed by atoms with van der Waals surface area (Å²) in [5.74, 6) is -1.62. The Balaban J connectivity index is 1.43. The molecule has 162 valence electrons. The van der Waals surface area contributed by atoms with E-state index in [-0.39, 0.29) is 6.61 Å². The van der Waals surface area contributed by atoms with Crippen LogP contribution in [0.1, 0.15) is 22.3 Å². The fourth-order valence-corrected chi connectivity index (χ4v) is 4.35. The fraction of sp³-hybridized carbons (Fsp3) is 0.348. The zero-order valence-electron chi connectivity index (χ0n) is 16.7. The van der Waals surface area contributed by atoms with Crippen LogP contribution in [-0.2, 0) is 28.3 Å². The van der Waals surface area contributed by atoms with E-state index in [4.69, 9.17) is 9.47 Å². The minimum absolute atomic E-state index is 0.201. The number of nitrogens with zero attached hydrogens (tertiary/aromatic N) is 2. The van der Waals surface area contributed by atoms with Crippen molar-refractivity contribution in [2.24, 2.45) is 0 Å². The number of aromatic nitrogens is 2. The van der Waals surface area contributed by atoms with E-state index in [1.54, 1.807) is 10.9 Å². The Kier molecular flexibility index (Phi) is 5.13. The van der Waals surface area contributed by atoms with Gasteiger partial charge in [-0.1, -0.05) is 24.3 Å². The van der Waals surface area contributed by atoms with Gasteiger partial charge in [0.2, 0.25) is 5.79 Å². The second-order valence-electron chi connectivity index (χ2n) is 8.01. The normalized spacial score (nSPS) is 29.9. The molecule has 8 nitrogen and oxygen atoms in total. The lowest BCUT2D eigenvalue weighted by molar-refractivity contribution is -0.368. The quantitative estimate of drug-likeness (QED) is 0.485. The first kappa shape index (κ1) is 20.3. The van der Waals surface area contributed by atoms with Gasteiger partial charge in [-0.15, -0.1) is 0 Å². The summed E-state index contributed by atoms with van der Waals surface area (Å²) in [5, 5.41) is 44.9. The second-order valence-corrected chi connectivity index (χ2v) is 8.01. The van der Waals surface area contributed by atoms with Gasteiger partial charge in [0.15, 0.2) is 0 Å². The van der Waals surface area contributed by atoms with E-state index in [0.29, 0.717) is 12.0 Å². The maximum absolute atomic E-state index is 10.7. The van der Waals surface area contributed by atoms with Crippen LogP contribution in [0.15, 0.2) is 60.9 Å². The summed E-state index contributed by atoms with van der Waals surface area (Å²) < 4.78 is 13.4. The maximum Gasteiger partial charge on any atom is 0.225 e. The van der Waals surface area contributed by atoms with Crippen LogP contribution in [0.2, 0.25) is 0 Å². The number of aliphatic hydroxyl groups is 4. The largest absolute Gasteiger partial charge is 0.394 e. The number of hydrogen-bond acceptors (Lipinski definition) is 7. The van der Waals surface area contributed by atoms with E-state index in [1.807, 2.05) is 54.7 Å². The van der Waals surface area contributed by atoms with Crippen molar-refractivity contribution in [3.05, 3.63) is 83.2 Å². The Morgan fingerprint density at radius 1 is 1.03 bits per heavy atom. The van der Waals surface area contributed by atoms with Gasteiger partial charge < -0.3 is 29.9 Å². The second kappa shape index (κ2) is 7.83. The van der Waals surface area contributed by atoms with E-state index in [1.165, 1.54) is 0 Å². The predicted molar refractivity (Wildman–Crippen MR) is 109 cm³/mol. The molecule has 1 spiro atoms. The molecular weight excluding hydrogens is 400 g/mol. The molecule has 0 aliphatic carbocycles. The molecule has 1 saturated heterocycles. The molecule has 8 heteroatoms. The van der Waals surface area contributed by atoms with Gasteiger partial charge in [0.25, 0.3) is 0 Å². The molecule has 1 fully saturated rings. The average molecular weight is 424 g/mol. The Morgan fingerprint density at radius 2 is 1.81 bits per heavy atom. The first-order valence-electron chi connectivity index (χ1n) is 10.2. The Hall–Kier alpha value is -2.59. The number of hydrogen-bond donors (Lipinski definition) is 4. The minimum Gasteiger partial charge on any atom is -0.394 e. The van der Waals surface area contributed by atoms with Crippen molar-refractivity contribution in [3.8, 4) is 5.69 Å². The molecule has 2 aromatic carbocycles. The molecule has 0 unspecified atom stereocenters. The summed E-state index contributed by atoms with van der Waals surface area (Å²) in [7, 11) is 0. The summed E-state index contributed by atoms with van der Waals surface area (Å²) >= 11 is 0. The number of rotatable bonds is 4. The number of aliphatic hydroxyl groups excluding tert-OH is 4. The molecule has 5 atom stereocenters. The highest BCUT2D eigenvalue weighted by Gasteiger charge is 2.58. The Labute approximate surface area is 178 Å². The van der Waals surface area contributed by atoms with Crippen LogP contribution in [0.4, 0.5) is 0 Å². The summed E-state index contributed by atoms with van der Waals surface area (Å²) in [6, 6.07) is 15.7. The summed E-state index contributed by atoms with van der Waals surface area (Å²) in [4.78, 5) is 0. The molecule has 31 heavy (non-hydrogen) atoms. The van der Waals surface area contributed by atoms with Crippen molar-refractivity contribution in [1.29, 1.82) is 0 Å². The molecule has 0 bridgehead atoms. The molecule has 2 aliphatic rings. The third-order valence-corrected chi connectivity index (χ3v) is 6.06. The minimum atomic E-state index is -1.62. The van der Waals surface area contributed by atoms with Gasteiger partial charge in [-0.3, -0.25) is 0 Å². The molecule has 3 aromatic rings. The molecular formula is C23H24N2O6. The van der Waals surface area contributed by atoms with E-state index in [2.05, 4.69) is 5.10 Å². The van der Waals surface area contributed by atoms with Crippen molar-refractivity contribution in [1.82, 2.24) is 9.78 Å². The standard InChI is InChI=1S/C23H24N2O6/c26-12-19-20(27)21(28)22(29)23(31-19)18-11-15(2-5-16(18)13-30-23)10-14-3-6-17(7-4-14)25-9-1-8-24-25/h1-9,11,19-22,26-29H,10,12-13H2/t19-,20-,21+,22-,23+/m1/s1. The van der Waals surface area contributed by atoms with Crippen molar-refractivity contribution in [3.63, 3.8) is 0 Å². The average Bonchev–Trinajstić information content (AvgIpc) is 3.45. The smallest absolute Gasteiger partial charge is 0.225 e. The van der Waals surface area contributed by atoms with E-state index < -0.39 is 36.8 Å². The summed E-state index contributed by atoms with van der Waals surface area (Å²) in [6.07, 6.45) is -1.21. The van der Waals surface area contributed by atoms with E-state index in [9.17, 15) is 20.4 Å². The molecule has 0 radical (unpaired) electrons. The maximum atomic E-state index is 10.7. The third kappa shape index (κ3) is 3.38. The number of benzene rings is 2. The SMILES string of the molecule is OC[C@H]1O[C@]2(OCc3ccc(Cc4ccc(-n5cccn5)cc4)cc32)[C@H](O)[C@@H](O)[C@@H]1O. The third-order valence-electron chi connectivity index (χ3n) is 6.06. The van der Waals surface area contributed by atoms with Gasteiger partial charge in [-0.05, 0) is 47.4 Å². The van der Waals surface area contributed by atoms with Gasteiger partial charge in [0.05, 0.1) is 18.9 Å². The van der Waals surface area contributed by atoms with Crippen LogP contribution in [-0.4, -0.2) is 61.2 Å². The molecule has 3 heterocycles. The first-order valence-corrected chi connectivity index (χ1v) is 10.2. The van der Waals surface area contributed by atoms with Gasteiger partial charge in [-0.2, -0.15) is 5.10 Å². The Morgan fingerprint density at radius 3 is 2.52 bits per heavy atom. The first-order chi connectivity index (χ1) is 15.0. The van der Waals surface area contributed by atoms with Crippen LogP contribution in [0.3, 0.4) is 0 Å². The van der Waals surface area contributed by atoms with Crippen LogP contribution in [0.25, 0.3) is 5.69 Å². The van der Waals surface area contributed by atoms with Crippen LogP contribution in [0, 0.1) is 0 Å². The summed E-state index contributed by atoms with van der Waals surface area (Å²) in [6.45, 7) is -0.306. The van der Waals surface area contributed by atoms with Crippen LogP contribution in [0.5, 0.6) is 0 Å². The Bertz CT molecular complexity index is 1050. The molecule has 2 aliphatic heterocycles. The molecule has 0 saturated carbocycles. The van der Waals surface area contributed by atoms with Crippen molar-refractivity contribution < 1.29 is 29.9 Å². The predicted octanol–water partition coefficient (Wildman–Crippen LogP) is 0.620. The van der Waals surface area contributed by atoms with Crippen LogP contribution < -0.4 is 0 Å². The number of ether oxygens (including phenoxy) is 2. The molecule has 0 amide bonds. The van der Waals surface area contributed by atoms with E-state index in [0.717, 1.165) is 22.4 Å². The lowest BCUT2D eigenvalue weighted by Gasteiger charge is -2.46. The zero-order chi connectivity index (χ0) is 21.6. The van der Waals surface area contributed by atoms with Crippen LogP contribution >= 0.6 is 0 Å². The van der Waals surface area contributed by atoms with Gasteiger partial charge >= 0.3 is 0 Å². The topological polar surface area (TPSA) is 117 Å². The van der Waals surface area contributed by atoms with Gasteiger partial charge in [-0.25, -0.2) is 4.68 Å². The fourth-order valence-electron chi connectivity index (χ4n) is 4.35. The monoisotopic (exact) mass is 424 g/mol. The lowest BCUT2D eigenvalue weighted by atomic mass is 9.86. The highest BCUT2D eigenvalue weighted by molar-refractivity contribution is 5.42. The zero-order valence-corrected chi connectivity index (χ0v) is 16.7. The number of fused-ring (bicyclic) bond motifs is 2. The lowest BCUT2D eigenvalue weighted by Crippen LogP contribution is -2.63. The molecule has 1 aromatic heterocycles. The highest BCUT2D eigenvalue weighted by Crippen LogP contribution is 2.46.